The van der Waals surface area contributed by atoms with E-state index in [4.69, 9.17) is 14.8 Å². The van der Waals surface area contributed by atoms with Crippen molar-refractivity contribution >= 4 is 134 Å². The lowest BCUT2D eigenvalue weighted by molar-refractivity contribution is 0.282. The summed E-state index contributed by atoms with van der Waals surface area (Å²) in [4.78, 5) is 9.62. The minimum absolute atomic E-state index is 0.109. The second-order valence-corrected chi connectivity index (χ2v) is 24.8. The topological polar surface area (TPSA) is 484 Å². The molecule has 0 aliphatic rings. The highest BCUT2D eigenvalue weighted by molar-refractivity contribution is 7.92. The van der Waals surface area contributed by atoms with E-state index in [0.717, 1.165) is 66.7 Å². The molecule has 6 aromatic rings. The second kappa shape index (κ2) is 20.6. The van der Waals surface area contributed by atoms with Crippen molar-refractivity contribution in [3.05, 3.63) is 91.0 Å². The molecule has 37 heteroatoms. The number of benzene rings is 5. The van der Waals surface area contributed by atoms with Crippen LogP contribution in [0.3, 0.4) is 0 Å². The molecule has 0 fully saturated rings. The molecule has 0 aliphatic carbocycles. The highest BCUT2D eigenvalue weighted by Crippen LogP contribution is 2.40. The van der Waals surface area contributed by atoms with E-state index in [2.05, 4.69) is 49.5 Å². The zero-order chi connectivity index (χ0) is 53.2. The molecule has 6 rings (SSSR count). The van der Waals surface area contributed by atoms with Gasteiger partial charge in [-0.3, -0.25) is 22.8 Å². The minimum Gasteiger partial charge on any atom is -0.396 e. The Morgan fingerprint density at radius 2 is 0.889 bits per heavy atom. The van der Waals surface area contributed by atoms with E-state index in [9.17, 15) is 72.6 Å². The van der Waals surface area contributed by atoms with Gasteiger partial charge in [0.05, 0.1) is 45.1 Å². The number of sulfone groups is 2. The summed E-state index contributed by atoms with van der Waals surface area (Å²) in [7, 11) is -33.2. The number of anilines is 7. The average Bonchev–Trinajstić information content (AvgIpc) is 3.24. The number of nitrogens with two attached hydrogens (primary N) is 1. The highest BCUT2D eigenvalue weighted by Gasteiger charge is 2.24. The van der Waals surface area contributed by atoms with Gasteiger partial charge in [-0.25, -0.2) is 25.2 Å². The predicted molar refractivity (Wildman–Crippen MR) is 250 cm³/mol. The Kier molecular flexibility index (Phi) is 15.7. The normalized spacial score (nSPS) is 13.1. The summed E-state index contributed by atoms with van der Waals surface area (Å²) in [6.07, 6.45) is 0. The van der Waals surface area contributed by atoms with Crippen LogP contribution < -0.4 is 21.7 Å². The molecular weight excluding hydrogens is 1110 g/mol. The zero-order valence-electron chi connectivity index (χ0n) is 35.4. The van der Waals surface area contributed by atoms with Crippen molar-refractivity contribution in [1.29, 1.82) is 0 Å². The number of hydrogen-bond acceptors (Lipinski definition) is 25. The Balaban J connectivity index is 1.38. The van der Waals surface area contributed by atoms with Crippen LogP contribution in [0.2, 0.25) is 0 Å². The number of aromatic nitrogens is 3. The number of nitrogen functional groups attached to an aromatic ring is 1. The molecule has 0 bridgehead atoms. The van der Waals surface area contributed by atoms with Crippen LogP contribution in [0.5, 0.6) is 0 Å². The van der Waals surface area contributed by atoms with Gasteiger partial charge >= 0.3 is 20.8 Å². The first kappa shape index (κ1) is 54.9. The number of nitrogens with zero attached hydrogens (tertiary/aromatic N) is 5. The SMILES string of the molecule is Nc1c(S(=O)(=O)O)cc2cc(S(=O)(=O)O)ccc2c1N=Nc1cc(Nc2nc(Nc3ccc(S(=O)(=O)CCOS(=O)(=O)O)cc3)nc(Nc3ccc(S(=O)(=O)CCOS(=O)(=O)O)cc3)n2)ccc1S(=O)(=O)O. The van der Waals surface area contributed by atoms with Crippen LogP contribution in [0, 0.1) is 0 Å². The fourth-order valence-corrected chi connectivity index (χ4v) is 10.7. The molecule has 0 spiro atoms. The van der Waals surface area contributed by atoms with Crippen molar-refractivity contribution in [3.8, 4) is 0 Å². The van der Waals surface area contributed by atoms with Crippen molar-refractivity contribution in [2.45, 2.75) is 24.5 Å². The molecule has 0 atom stereocenters. The summed E-state index contributed by atoms with van der Waals surface area (Å²) in [5.41, 5.74) is 4.24. The number of fused-ring (bicyclic) bond motifs is 1. The standard InChI is InChI=1S/C35H33N9O21S7/c36-31-30(70(55,56)57)18-20-17-26(68(49,50)51)10-11-27(20)32(31)44-43-28-19-23(5-12-29(28)69(52,53)54)39-35-41-33(37-21-1-6-24(7-2-21)66(45,46)15-13-64-71(58,59)60)40-34(42-35)38-22-3-8-25(9-4-22)67(47,48)16-14-65-72(61,62)63/h1-12,17-19H,13-16,36H2,(H,49,50,51)(H,52,53,54)(H,55,56,57)(H,58,59,60)(H,61,62,63)(H3,37,38,39,40,41,42). The quantitative estimate of drug-likeness (QED) is 0.0284. The van der Waals surface area contributed by atoms with E-state index >= 15 is 0 Å². The van der Waals surface area contributed by atoms with Crippen LogP contribution in [0.15, 0.2) is 126 Å². The van der Waals surface area contributed by atoms with Crippen LogP contribution in [0.4, 0.5) is 52.0 Å². The summed E-state index contributed by atoms with van der Waals surface area (Å²) in [6, 6.07) is 15.9. The zero-order valence-corrected chi connectivity index (χ0v) is 41.1. The maximum atomic E-state index is 12.7. The fraction of sp³-hybridized carbons (Fsp3) is 0.114. The molecule has 5 aromatic carbocycles. The molecule has 0 unspecified atom stereocenters. The third-order valence-corrected chi connectivity index (χ3v) is 16.1. The van der Waals surface area contributed by atoms with Crippen LogP contribution >= 0.6 is 0 Å². The Hall–Kier alpha value is -6.46. The lowest BCUT2D eigenvalue weighted by atomic mass is 10.1. The summed E-state index contributed by atoms with van der Waals surface area (Å²) >= 11 is 0. The monoisotopic (exact) mass is 1140 g/mol. The number of hydrogen-bond donors (Lipinski definition) is 9. The summed E-state index contributed by atoms with van der Waals surface area (Å²) in [6.45, 7) is -1.80. The summed E-state index contributed by atoms with van der Waals surface area (Å²) < 4.78 is 223. The molecule has 0 saturated heterocycles. The van der Waals surface area contributed by atoms with E-state index in [-0.39, 0.29) is 55.5 Å². The van der Waals surface area contributed by atoms with Gasteiger partial charge in [0, 0.05) is 22.4 Å². The molecule has 1 aromatic heterocycles. The van der Waals surface area contributed by atoms with E-state index in [1.807, 2.05) is 0 Å². The first-order valence-electron chi connectivity index (χ1n) is 19.0. The lowest BCUT2D eigenvalue weighted by Crippen LogP contribution is -2.15. The van der Waals surface area contributed by atoms with Gasteiger partial charge in [0.25, 0.3) is 30.4 Å². The number of nitrogens with one attached hydrogen (secondary N) is 3. The highest BCUT2D eigenvalue weighted by atomic mass is 32.3. The first-order chi connectivity index (χ1) is 33.2. The van der Waals surface area contributed by atoms with Gasteiger partial charge in [0.1, 0.15) is 21.2 Å². The Bertz CT molecular complexity index is 3830. The van der Waals surface area contributed by atoms with E-state index < -0.39 is 127 Å². The fourth-order valence-electron chi connectivity index (χ4n) is 5.99. The van der Waals surface area contributed by atoms with Gasteiger partial charge in [-0.2, -0.15) is 57.0 Å². The van der Waals surface area contributed by atoms with Crippen molar-refractivity contribution in [1.82, 2.24) is 15.0 Å². The van der Waals surface area contributed by atoms with Crippen molar-refractivity contribution in [2.24, 2.45) is 10.2 Å². The molecule has 0 aliphatic heterocycles. The van der Waals surface area contributed by atoms with Gasteiger partial charge in [-0.05, 0) is 90.3 Å². The van der Waals surface area contributed by atoms with E-state index in [1.54, 1.807) is 0 Å². The van der Waals surface area contributed by atoms with Crippen LogP contribution in [-0.4, -0.2) is 121 Å². The molecule has 0 radical (unpaired) electrons. The largest absolute Gasteiger partial charge is 0.397 e. The first-order valence-corrected chi connectivity index (χ1v) is 29.3. The lowest BCUT2D eigenvalue weighted by Gasteiger charge is -2.13. The predicted octanol–water partition coefficient (Wildman–Crippen LogP) is 3.18. The van der Waals surface area contributed by atoms with E-state index in [0.29, 0.717) is 0 Å². The maximum Gasteiger partial charge on any atom is 0.397 e. The number of rotatable bonds is 21. The van der Waals surface area contributed by atoms with Crippen molar-refractivity contribution in [2.75, 3.05) is 46.4 Å². The molecule has 1 heterocycles. The van der Waals surface area contributed by atoms with Gasteiger partial charge in [0.15, 0.2) is 19.7 Å². The molecule has 72 heavy (non-hydrogen) atoms. The number of azo groups is 1. The Morgan fingerprint density at radius 1 is 0.472 bits per heavy atom. The molecular formula is C35H33N9O21S7. The molecule has 0 saturated carbocycles. The Morgan fingerprint density at radius 3 is 1.31 bits per heavy atom. The third-order valence-electron chi connectivity index (χ3n) is 9.16. The average molecular weight is 1140 g/mol. The molecule has 0 amide bonds. The van der Waals surface area contributed by atoms with Crippen molar-refractivity contribution < 1.29 is 90.1 Å². The molecule has 386 valence electrons. The second-order valence-electron chi connectivity index (χ2n) is 14.2. The van der Waals surface area contributed by atoms with Gasteiger partial charge in [0.2, 0.25) is 17.8 Å². The third kappa shape index (κ3) is 14.6. The van der Waals surface area contributed by atoms with Gasteiger partial charge < -0.3 is 21.7 Å². The Labute approximate surface area is 408 Å². The van der Waals surface area contributed by atoms with E-state index in [1.165, 1.54) is 24.3 Å². The maximum absolute atomic E-state index is 12.7. The summed E-state index contributed by atoms with van der Waals surface area (Å²) in [5, 5.41) is 15.7. The van der Waals surface area contributed by atoms with Gasteiger partial charge in [-0.1, -0.05) is 6.07 Å². The van der Waals surface area contributed by atoms with Crippen LogP contribution in [0.25, 0.3) is 10.8 Å². The minimum atomic E-state index is -5.15. The smallest absolute Gasteiger partial charge is 0.396 e. The molecule has 30 nitrogen and oxygen atoms in total. The van der Waals surface area contributed by atoms with Gasteiger partial charge in [-0.15, -0.1) is 10.2 Å². The summed E-state index contributed by atoms with van der Waals surface area (Å²) in [5.74, 6) is -2.63. The van der Waals surface area contributed by atoms with Crippen molar-refractivity contribution in [3.63, 3.8) is 0 Å². The molecule has 10 N–H and O–H groups in total. The van der Waals surface area contributed by atoms with Crippen LogP contribution in [0.1, 0.15) is 0 Å². The van der Waals surface area contributed by atoms with Crippen LogP contribution in [-0.2, 0) is 79.2 Å².